The summed E-state index contributed by atoms with van der Waals surface area (Å²) in [4.78, 5) is 16.1. The molecule has 9 nitrogen and oxygen atoms in total. The number of benzene rings is 1. The number of hydrogen-bond acceptors (Lipinski definition) is 10. The minimum atomic E-state index is -0.539. The van der Waals surface area contributed by atoms with E-state index >= 15 is 0 Å². The van der Waals surface area contributed by atoms with Crippen LogP contribution in [0, 0.1) is 6.92 Å². The fourth-order valence-electron chi connectivity index (χ4n) is 2.42. The van der Waals surface area contributed by atoms with Gasteiger partial charge in [0.05, 0.1) is 32.0 Å². The number of rotatable bonds is 8. The third-order valence-corrected chi connectivity index (χ3v) is 4.54. The molecule has 0 aliphatic carbocycles. The average Bonchev–Trinajstić information content (AvgIpc) is 3.38. The molecule has 0 saturated carbocycles. The topological polar surface area (TPSA) is 106 Å². The Morgan fingerprint density at radius 1 is 1.14 bits per heavy atom. The number of hydrogen-bond donors (Lipinski definition) is 0. The van der Waals surface area contributed by atoms with Gasteiger partial charge in [0.1, 0.15) is 0 Å². The molecule has 1 aromatic carbocycles. The molecule has 3 aromatic rings. The molecule has 2 heterocycles. The third kappa shape index (κ3) is 4.91. The van der Waals surface area contributed by atoms with E-state index in [0.717, 1.165) is 5.01 Å². The number of methoxy groups -OCH3 is 3. The maximum atomic E-state index is 11.8. The highest BCUT2D eigenvalue weighted by Crippen LogP contribution is 2.40. The summed E-state index contributed by atoms with van der Waals surface area (Å²) in [7, 11) is 4.55. The first-order chi connectivity index (χ1) is 14.0. The summed E-state index contributed by atoms with van der Waals surface area (Å²) in [6.07, 6.45) is 2.88. The molecule has 0 saturated heterocycles. The molecule has 10 heteroatoms. The second kappa shape index (κ2) is 9.20. The Morgan fingerprint density at radius 3 is 2.45 bits per heavy atom. The maximum absolute atomic E-state index is 11.8. The van der Waals surface area contributed by atoms with Crippen LogP contribution in [0.25, 0.3) is 17.5 Å². The molecule has 0 unspecified atom stereocenters. The summed E-state index contributed by atoms with van der Waals surface area (Å²) in [5.41, 5.74) is 1.27. The summed E-state index contributed by atoms with van der Waals surface area (Å²) in [6, 6.07) is 3.37. The Kier molecular flexibility index (Phi) is 6.45. The van der Waals surface area contributed by atoms with Crippen molar-refractivity contribution in [3.63, 3.8) is 0 Å². The molecule has 0 atom stereocenters. The highest BCUT2D eigenvalue weighted by atomic mass is 32.1. The van der Waals surface area contributed by atoms with Crippen molar-refractivity contribution in [2.24, 2.45) is 0 Å². The van der Waals surface area contributed by atoms with Crippen LogP contribution >= 0.6 is 11.3 Å². The van der Waals surface area contributed by atoms with Gasteiger partial charge < -0.3 is 23.4 Å². The van der Waals surface area contributed by atoms with Crippen LogP contribution in [0.2, 0.25) is 0 Å². The number of carbonyl (C=O) groups is 1. The molecule has 0 amide bonds. The van der Waals surface area contributed by atoms with E-state index in [9.17, 15) is 4.79 Å². The number of ether oxygens (including phenoxy) is 4. The van der Waals surface area contributed by atoms with Crippen LogP contribution in [-0.4, -0.2) is 42.5 Å². The zero-order chi connectivity index (χ0) is 20.8. The Morgan fingerprint density at radius 2 is 1.86 bits per heavy atom. The first kappa shape index (κ1) is 20.3. The molecule has 0 aliphatic heterocycles. The van der Waals surface area contributed by atoms with E-state index in [1.54, 1.807) is 18.2 Å². The highest BCUT2D eigenvalue weighted by Gasteiger charge is 2.17. The van der Waals surface area contributed by atoms with Crippen LogP contribution in [0.3, 0.4) is 0 Å². The lowest BCUT2D eigenvalue weighted by molar-refractivity contribution is -0.139. The predicted molar refractivity (Wildman–Crippen MR) is 105 cm³/mol. The molecule has 0 bridgehead atoms. The average molecular weight is 417 g/mol. The van der Waals surface area contributed by atoms with Crippen LogP contribution in [0.5, 0.6) is 17.2 Å². The van der Waals surface area contributed by atoms with E-state index in [0.29, 0.717) is 28.5 Å². The van der Waals surface area contributed by atoms with Gasteiger partial charge >= 0.3 is 5.97 Å². The molecule has 3 rings (SSSR count). The minimum absolute atomic E-state index is 0.153. The molecule has 2 aromatic heterocycles. The van der Waals surface area contributed by atoms with Crippen LogP contribution in [0.1, 0.15) is 16.6 Å². The van der Waals surface area contributed by atoms with Gasteiger partial charge in [0.25, 0.3) is 5.89 Å². The Balaban J connectivity index is 1.68. The first-order valence-corrected chi connectivity index (χ1v) is 9.31. The number of thiazole rings is 1. The van der Waals surface area contributed by atoms with Gasteiger partial charge in [0.2, 0.25) is 11.6 Å². The zero-order valence-electron chi connectivity index (χ0n) is 16.3. The number of aromatic nitrogens is 3. The summed E-state index contributed by atoms with van der Waals surface area (Å²) in [5.74, 6) is 1.20. The molecule has 0 N–H and O–H groups in total. The normalized spacial score (nSPS) is 10.9. The van der Waals surface area contributed by atoms with Crippen molar-refractivity contribution in [3.8, 4) is 28.7 Å². The number of aryl methyl sites for hydroxylation is 1. The highest BCUT2D eigenvalue weighted by molar-refractivity contribution is 7.09. The van der Waals surface area contributed by atoms with Crippen molar-refractivity contribution in [2.75, 3.05) is 21.3 Å². The van der Waals surface area contributed by atoms with E-state index in [1.165, 1.54) is 38.7 Å². The summed E-state index contributed by atoms with van der Waals surface area (Å²) < 4.78 is 26.6. The molecule has 0 spiro atoms. The van der Waals surface area contributed by atoms with Crippen molar-refractivity contribution in [1.29, 1.82) is 0 Å². The lowest BCUT2D eigenvalue weighted by Crippen LogP contribution is -2.00. The monoisotopic (exact) mass is 417 g/mol. The molecule has 0 radical (unpaired) electrons. The van der Waals surface area contributed by atoms with E-state index in [2.05, 4.69) is 15.2 Å². The van der Waals surface area contributed by atoms with Crippen molar-refractivity contribution in [3.05, 3.63) is 40.2 Å². The minimum Gasteiger partial charge on any atom is -0.493 e. The van der Waals surface area contributed by atoms with Crippen LogP contribution in [-0.2, 0) is 16.1 Å². The lowest BCUT2D eigenvalue weighted by atomic mass is 10.2. The Hall–Kier alpha value is -3.40. The van der Waals surface area contributed by atoms with E-state index in [1.807, 2.05) is 12.3 Å². The maximum Gasteiger partial charge on any atom is 0.331 e. The van der Waals surface area contributed by atoms with Crippen molar-refractivity contribution in [1.82, 2.24) is 15.2 Å². The third-order valence-electron chi connectivity index (χ3n) is 3.74. The van der Waals surface area contributed by atoms with Gasteiger partial charge in [-0.15, -0.1) is 21.5 Å². The standard InChI is InChI=1S/C19H19N3O6S/c1-11-20-13(10-29-11)5-6-17(23)27-9-16-21-22-19(28-16)12-7-14(24-2)18(26-4)15(8-12)25-3/h5-8,10H,9H2,1-4H3/b6-5+. The number of carbonyl (C=O) groups excluding carboxylic acids is 1. The largest absolute Gasteiger partial charge is 0.493 e. The van der Waals surface area contributed by atoms with Gasteiger partial charge in [-0.2, -0.15) is 0 Å². The quantitative estimate of drug-likeness (QED) is 0.403. The Bertz CT molecular complexity index is 1000. The van der Waals surface area contributed by atoms with Gasteiger partial charge in [-0.25, -0.2) is 9.78 Å². The lowest BCUT2D eigenvalue weighted by Gasteiger charge is -2.12. The number of nitrogens with zero attached hydrogens (tertiary/aromatic N) is 3. The van der Waals surface area contributed by atoms with Crippen LogP contribution < -0.4 is 14.2 Å². The SMILES string of the molecule is COc1cc(-c2nnc(COC(=O)/C=C/c3csc(C)n3)o2)cc(OC)c1OC. The zero-order valence-corrected chi connectivity index (χ0v) is 17.1. The van der Waals surface area contributed by atoms with Gasteiger partial charge in [-0.1, -0.05) is 0 Å². The second-order valence-electron chi connectivity index (χ2n) is 5.65. The van der Waals surface area contributed by atoms with Crippen LogP contribution in [0.4, 0.5) is 0 Å². The second-order valence-corrected chi connectivity index (χ2v) is 6.71. The van der Waals surface area contributed by atoms with E-state index in [-0.39, 0.29) is 18.4 Å². The fraction of sp³-hybridized carbons (Fsp3) is 0.263. The summed E-state index contributed by atoms with van der Waals surface area (Å²) in [6.45, 7) is 1.73. The van der Waals surface area contributed by atoms with Gasteiger partial charge in [0, 0.05) is 17.0 Å². The van der Waals surface area contributed by atoms with E-state index < -0.39 is 5.97 Å². The van der Waals surface area contributed by atoms with Gasteiger partial charge in [-0.3, -0.25) is 0 Å². The molecular formula is C19H19N3O6S. The Labute approximate surface area is 170 Å². The van der Waals surface area contributed by atoms with Crippen molar-refractivity contribution in [2.45, 2.75) is 13.5 Å². The van der Waals surface area contributed by atoms with Gasteiger partial charge in [-0.05, 0) is 25.1 Å². The van der Waals surface area contributed by atoms with Crippen molar-refractivity contribution < 1.29 is 28.2 Å². The smallest absolute Gasteiger partial charge is 0.331 e. The van der Waals surface area contributed by atoms with Crippen LogP contribution in [0.15, 0.2) is 28.0 Å². The van der Waals surface area contributed by atoms with Gasteiger partial charge in [0.15, 0.2) is 18.1 Å². The summed E-state index contributed by atoms with van der Waals surface area (Å²) >= 11 is 1.50. The predicted octanol–water partition coefficient (Wildman–Crippen LogP) is 3.28. The fourth-order valence-corrected chi connectivity index (χ4v) is 3.00. The molecule has 152 valence electrons. The first-order valence-electron chi connectivity index (χ1n) is 8.43. The number of esters is 1. The molecular weight excluding hydrogens is 398 g/mol. The molecule has 29 heavy (non-hydrogen) atoms. The summed E-state index contributed by atoms with van der Waals surface area (Å²) in [5, 5.41) is 10.6. The van der Waals surface area contributed by atoms with E-state index in [4.69, 9.17) is 23.4 Å². The molecule has 0 fully saturated rings. The van der Waals surface area contributed by atoms with Crippen molar-refractivity contribution >= 4 is 23.4 Å². The molecule has 0 aliphatic rings.